The lowest BCUT2D eigenvalue weighted by Crippen LogP contribution is -2.41. The Labute approximate surface area is 120 Å². The summed E-state index contributed by atoms with van der Waals surface area (Å²) in [6.07, 6.45) is 2.31. The molecule has 2 fully saturated rings. The average molecular weight is 277 g/mol. The summed E-state index contributed by atoms with van der Waals surface area (Å²) in [4.78, 5) is 4.38. The average Bonchev–Trinajstić information content (AvgIpc) is 2.85. The quantitative estimate of drug-likeness (QED) is 0.901. The lowest BCUT2D eigenvalue weighted by molar-refractivity contribution is -0.117. The van der Waals surface area contributed by atoms with Crippen LogP contribution < -0.4 is 0 Å². The summed E-state index contributed by atoms with van der Waals surface area (Å²) in [5.74, 6) is 0.242. The third kappa shape index (κ3) is 2.73. The monoisotopic (exact) mass is 277 g/mol. The zero-order valence-corrected chi connectivity index (χ0v) is 12.3. The molecular formula is C16H23NO3. The molecule has 1 N–H and O–H groups in total. The summed E-state index contributed by atoms with van der Waals surface area (Å²) < 4.78 is 11.4. The molecule has 1 aromatic heterocycles. The number of aliphatic hydroxyl groups is 1. The fourth-order valence-electron chi connectivity index (χ4n) is 3.51. The minimum Gasteiger partial charge on any atom is -0.388 e. The Morgan fingerprint density at radius 3 is 2.70 bits per heavy atom. The Morgan fingerprint density at radius 1 is 1.30 bits per heavy atom. The molecule has 0 bridgehead atoms. The maximum absolute atomic E-state index is 10.7. The van der Waals surface area contributed by atoms with E-state index in [0.717, 1.165) is 42.8 Å². The number of rotatable bonds is 2. The topological polar surface area (TPSA) is 51.6 Å². The summed E-state index contributed by atoms with van der Waals surface area (Å²) in [6, 6.07) is 3.98. The summed E-state index contributed by atoms with van der Waals surface area (Å²) in [7, 11) is 0. The Hall–Kier alpha value is -0.970. The van der Waals surface area contributed by atoms with Gasteiger partial charge in [0, 0.05) is 31.0 Å². The fourth-order valence-corrected chi connectivity index (χ4v) is 3.51. The van der Waals surface area contributed by atoms with E-state index in [1.54, 1.807) is 0 Å². The van der Waals surface area contributed by atoms with Crippen molar-refractivity contribution in [1.82, 2.24) is 4.98 Å². The number of aromatic nitrogens is 1. The van der Waals surface area contributed by atoms with E-state index in [0.29, 0.717) is 13.2 Å². The molecule has 3 heterocycles. The van der Waals surface area contributed by atoms with Gasteiger partial charge in [0.1, 0.15) is 0 Å². The Morgan fingerprint density at radius 2 is 2.05 bits per heavy atom. The van der Waals surface area contributed by atoms with E-state index in [4.69, 9.17) is 9.47 Å². The minimum atomic E-state index is -0.434. The number of aryl methyl sites for hydroxylation is 2. The Kier molecular flexibility index (Phi) is 3.80. The van der Waals surface area contributed by atoms with Gasteiger partial charge in [0.25, 0.3) is 0 Å². The van der Waals surface area contributed by atoms with Crippen molar-refractivity contribution in [3.8, 4) is 0 Å². The van der Waals surface area contributed by atoms with Crippen molar-refractivity contribution in [3.05, 3.63) is 29.1 Å². The molecule has 20 heavy (non-hydrogen) atoms. The second-order valence-electron chi connectivity index (χ2n) is 6.22. The first-order valence-electron chi connectivity index (χ1n) is 7.43. The van der Waals surface area contributed by atoms with Crippen molar-refractivity contribution in [2.24, 2.45) is 5.92 Å². The molecule has 3 unspecified atom stereocenters. The predicted octanol–water partition coefficient (Wildman–Crippen LogP) is 2.32. The van der Waals surface area contributed by atoms with E-state index >= 15 is 0 Å². The molecule has 4 nitrogen and oxygen atoms in total. The number of ether oxygens (including phenoxy) is 2. The van der Waals surface area contributed by atoms with Crippen LogP contribution in [-0.2, 0) is 9.47 Å². The molecule has 0 amide bonds. The highest BCUT2D eigenvalue weighted by Crippen LogP contribution is 2.41. The van der Waals surface area contributed by atoms with Crippen LogP contribution in [0.15, 0.2) is 12.1 Å². The zero-order valence-electron chi connectivity index (χ0n) is 12.3. The van der Waals surface area contributed by atoms with Gasteiger partial charge in [0.2, 0.25) is 0 Å². The first-order chi connectivity index (χ1) is 9.58. The van der Waals surface area contributed by atoms with Crippen molar-refractivity contribution in [1.29, 1.82) is 0 Å². The Bertz CT molecular complexity index is 462. The smallest absolute Gasteiger partial charge is 0.0940 e. The highest BCUT2D eigenvalue weighted by Gasteiger charge is 2.43. The van der Waals surface area contributed by atoms with Crippen molar-refractivity contribution < 1.29 is 14.6 Å². The molecule has 2 aliphatic rings. The van der Waals surface area contributed by atoms with Crippen LogP contribution in [0.1, 0.15) is 42.3 Å². The van der Waals surface area contributed by atoms with Gasteiger partial charge in [0.05, 0.1) is 18.3 Å². The van der Waals surface area contributed by atoms with Gasteiger partial charge in [-0.15, -0.1) is 0 Å². The number of pyridine rings is 1. The van der Waals surface area contributed by atoms with E-state index in [9.17, 15) is 5.11 Å². The van der Waals surface area contributed by atoms with E-state index < -0.39 is 6.10 Å². The normalized spacial score (nSPS) is 31.6. The fraction of sp³-hybridized carbons (Fsp3) is 0.688. The molecule has 0 aromatic carbocycles. The number of hydrogen-bond acceptors (Lipinski definition) is 4. The van der Waals surface area contributed by atoms with Crippen LogP contribution in [0.5, 0.6) is 0 Å². The third-order valence-corrected chi connectivity index (χ3v) is 4.49. The van der Waals surface area contributed by atoms with Gasteiger partial charge < -0.3 is 14.6 Å². The zero-order chi connectivity index (χ0) is 14.2. The molecule has 2 saturated heterocycles. The molecule has 110 valence electrons. The van der Waals surface area contributed by atoms with Gasteiger partial charge in [-0.3, -0.25) is 4.98 Å². The van der Waals surface area contributed by atoms with Crippen LogP contribution >= 0.6 is 0 Å². The minimum absolute atomic E-state index is 0.152. The van der Waals surface area contributed by atoms with Gasteiger partial charge >= 0.3 is 0 Å². The summed E-state index contributed by atoms with van der Waals surface area (Å²) in [5.41, 5.74) is 2.76. The second kappa shape index (κ2) is 5.43. The third-order valence-electron chi connectivity index (χ3n) is 4.49. The van der Waals surface area contributed by atoms with Crippen molar-refractivity contribution in [2.45, 2.75) is 44.8 Å². The van der Waals surface area contributed by atoms with Crippen LogP contribution in [0.3, 0.4) is 0 Å². The second-order valence-corrected chi connectivity index (χ2v) is 6.22. The molecule has 1 spiro atoms. The van der Waals surface area contributed by atoms with Crippen molar-refractivity contribution >= 4 is 0 Å². The number of nitrogens with zero attached hydrogens (tertiary/aromatic N) is 1. The molecule has 4 heteroatoms. The lowest BCUT2D eigenvalue weighted by atomic mass is 9.80. The largest absolute Gasteiger partial charge is 0.388 e. The first kappa shape index (κ1) is 14.0. The lowest BCUT2D eigenvalue weighted by Gasteiger charge is -2.39. The van der Waals surface area contributed by atoms with E-state index in [-0.39, 0.29) is 11.5 Å². The standard InChI is InChI=1S/C16H23NO3/c1-11-7-14(8-12(2)17-11)15(18)13-3-5-20-16(9-13)4-6-19-10-16/h7-8,13,15,18H,3-6,9-10H2,1-2H3. The van der Waals surface area contributed by atoms with Crippen molar-refractivity contribution in [3.63, 3.8) is 0 Å². The highest BCUT2D eigenvalue weighted by molar-refractivity contribution is 5.23. The summed E-state index contributed by atoms with van der Waals surface area (Å²) >= 11 is 0. The molecule has 3 atom stereocenters. The van der Waals surface area contributed by atoms with E-state index in [1.165, 1.54) is 0 Å². The van der Waals surface area contributed by atoms with E-state index in [2.05, 4.69) is 4.98 Å². The SMILES string of the molecule is Cc1cc(C(O)C2CCOC3(CCOC3)C2)cc(C)n1. The summed E-state index contributed by atoms with van der Waals surface area (Å²) in [5, 5.41) is 10.7. The van der Waals surface area contributed by atoms with Gasteiger partial charge in [0.15, 0.2) is 0 Å². The van der Waals surface area contributed by atoms with Gasteiger partial charge in [-0.2, -0.15) is 0 Å². The van der Waals surface area contributed by atoms with Crippen LogP contribution in [0.25, 0.3) is 0 Å². The molecule has 3 rings (SSSR count). The molecule has 2 aliphatic heterocycles. The molecule has 0 saturated carbocycles. The summed E-state index contributed by atoms with van der Waals surface area (Å²) in [6.45, 7) is 6.11. The van der Waals surface area contributed by atoms with Gasteiger partial charge in [-0.05, 0) is 50.3 Å². The Balaban J connectivity index is 1.77. The first-order valence-corrected chi connectivity index (χ1v) is 7.43. The highest BCUT2D eigenvalue weighted by atomic mass is 16.6. The molecular weight excluding hydrogens is 254 g/mol. The molecule has 0 radical (unpaired) electrons. The van der Waals surface area contributed by atoms with Crippen LogP contribution in [0.4, 0.5) is 0 Å². The van der Waals surface area contributed by atoms with Crippen LogP contribution in [0.2, 0.25) is 0 Å². The number of hydrogen-bond donors (Lipinski definition) is 1. The predicted molar refractivity (Wildman–Crippen MR) is 75.5 cm³/mol. The molecule has 0 aliphatic carbocycles. The van der Waals surface area contributed by atoms with E-state index in [1.807, 2.05) is 26.0 Å². The van der Waals surface area contributed by atoms with Gasteiger partial charge in [-0.25, -0.2) is 0 Å². The van der Waals surface area contributed by atoms with Crippen LogP contribution in [-0.4, -0.2) is 35.5 Å². The molecule has 1 aromatic rings. The van der Waals surface area contributed by atoms with Gasteiger partial charge in [-0.1, -0.05) is 0 Å². The maximum Gasteiger partial charge on any atom is 0.0940 e. The maximum atomic E-state index is 10.7. The van der Waals surface area contributed by atoms with Crippen molar-refractivity contribution in [2.75, 3.05) is 19.8 Å². The number of aliphatic hydroxyl groups excluding tert-OH is 1. The van der Waals surface area contributed by atoms with Crippen LogP contribution in [0, 0.1) is 19.8 Å².